The van der Waals surface area contributed by atoms with Gasteiger partial charge in [0, 0.05) is 74.1 Å². The van der Waals surface area contributed by atoms with Crippen molar-refractivity contribution in [3.8, 4) is 11.3 Å². The van der Waals surface area contributed by atoms with Crippen molar-refractivity contribution in [1.29, 1.82) is 0 Å². The average molecular weight is 617 g/mol. The fourth-order valence-electron chi connectivity index (χ4n) is 6.35. The van der Waals surface area contributed by atoms with Crippen LogP contribution >= 0.6 is 11.6 Å². The molecule has 0 amide bonds. The molecule has 0 aliphatic carbocycles. The molecule has 2 aliphatic heterocycles. The van der Waals surface area contributed by atoms with E-state index < -0.39 is 16.1 Å². The highest BCUT2D eigenvalue weighted by atomic mass is 35.5. The van der Waals surface area contributed by atoms with E-state index in [4.69, 9.17) is 16.7 Å². The van der Waals surface area contributed by atoms with E-state index in [1.165, 1.54) is 22.7 Å². The maximum Gasteiger partial charge on any atom is 0.329 e. The molecule has 1 unspecified atom stereocenters. The summed E-state index contributed by atoms with van der Waals surface area (Å²) in [5.74, 6) is -0.363. The Bertz CT molecular complexity index is 1790. The van der Waals surface area contributed by atoms with Gasteiger partial charge in [-0.05, 0) is 55.3 Å². The number of rotatable bonds is 7. The van der Waals surface area contributed by atoms with Crippen molar-refractivity contribution in [2.75, 3.05) is 32.4 Å². The van der Waals surface area contributed by atoms with Crippen molar-refractivity contribution in [3.05, 3.63) is 75.0 Å². The van der Waals surface area contributed by atoms with Crippen LogP contribution in [0.1, 0.15) is 30.1 Å². The first-order valence-electron chi connectivity index (χ1n) is 14.1. The highest BCUT2D eigenvalue weighted by Crippen LogP contribution is 2.32. The molecule has 1 atom stereocenters. The zero-order chi connectivity index (χ0) is 29.8. The van der Waals surface area contributed by atoms with Crippen LogP contribution in [-0.2, 0) is 36.6 Å². The number of β-amino-alcohol motifs (C(OH)–C–C–N with tert-alkyl or cyclic N) is 1. The molecule has 2 aromatic heterocycles. The number of nitrogens with zero attached hydrogens (tertiary/aromatic N) is 6. The molecule has 0 saturated carbocycles. The van der Waals surface area contributed by atoms with Gasteiger partial charge in [-0.2, -0.15) is 9.40 Å². The minimum atomic E-state index is -3.40. The van der Waals surface area contributed by atoms with Crippen molar-refractivity contribution >= 4 is 32.7 Å². The van der Waals surface area contributed by atoms with E-state index >= 15 is 0 Å². The number of hydrogen-bond acceptors (Lipinski definition) is 6. The second-order valence-electron chi connectivity index (χ2n) is 11.3. The molecule has 6 rings (SSSR count). The summed E-state index contributed by atoms with van der Waals surface area (Å²) in [6.07, 6.45) is 2.49. The third kappa shape index (κ3) is 5.53. The van der Waals surface area contributed by atoms with Crippen LogP contribution in [0.25, 0.3) is 22.3 Å². The number of aliphatic hydroxyl groups excluding tert-OH is 1. The summed E-state index contributed by atoms with van der Waals surface area (Å²) >= 11 is 6.24. The summed E-state index contributed by atoms with van der Waals surface area (Å²) < 4.78 is 44.9. The molecule has 2 aromatic carbocycles. The highest BCUT2D eigenvalue weighted by molar-refractivity contribution is 7.88. The fourth-order valence-corrected chi connectivity index (χ4v) is 7.30. The topological polar surface area (TPSA) is 106 Å². The van der Waals surface area contributed by atoms with Crippen LogP contribution < -0.4 is 5.69 Å². The van der Waals surface area contributed by atoms with Gasteiger partial charge < -0.3 is 10.0 Å². The number of likely N-dealkylation sites (tertiary alicyclic amines) is 1. The van der Waals surface area contributed by atoms with Gasteiger partial charge in [0.25, 0.3) is 0 Å². The molecular weight excluding hydrogens is 583 g/mol. The maximum atomic E-state index is 13.6. The van der Waals surface area contributed by atoms with E-state index in [1.54, 1.807) is 34.5 Å². The molecule has 42 heavy (non-hydrogen) atoms. The number of piperidine rings is 1. The lowest BCUT2D eigenvalue weighted by molar-refractivity contribution is 0.0762. The van der Waals surface area contributed by atoms with Crippen molar-refractivity contribution in [1.82, 2.24) is 28.1 Å². The van der Waals surface area contributed by atoms with Crippen molar-refractivity contribution in [3.63, 3.8) is 0 Å². The lowest BCUT2D eigenvalue weighted by Crippen LogP contribution is -2.42. The van der Waals surface area contributed by atoms with Crippen molar-refractivity contribution in [2.24, 2.45) is 7.05 Å². The maximum absolute atomic E-state index is 13.6. The second-order valence-corrected chi connectivity index (χ2v) is 13.8. The van der Waals surface area contributed by atoms with E-state index in [0.717, 1.165) is 48.2 Å². The third-order valence-electron chi connectivity index (χ3n) is 8.51. The standard InChI is InChI=1S/C29H34ClFN6O4S/c1-33-26-8-5-20(30)15-27(26)37(29(33)39)22-9-12-34(13-10-22)16-23(38)17-36-25-11-14-35(42(2,40)41)18-24(25)28(32-36)19-3-6-21(31)7-4-19/h3-8,15,22-23,38H,9-14,16-18H2,1-2H3. The van der Waals surface area contributed by atoms with Gasteiger partial charge in [-0.1, -0.05) is 11.6 Å². The Morgan fingerprint density at radius 2 is 1.79 bits per heavy atom. The summed E-state index contributed by atoms with van der Waals surface area (Å²) in [5.41, 5.74) is 4.61. The van der Waals surface area contributed by atoms with Crippen LogP contribution in [0.3, 0.4) is 0 Å². The summed E-state index contributed by atoms with van der Waals surface area (Å²) in [6.45, 7) is 2.67. The molecule has 0 bridgehead atoms. The molecule has 4 heterocycles. The Kier molecular flexibility index (Phi) is 7.77. The molecule has 4 aromatic rings. The van der Waals surface area contributed by atoms with Gasteiger partial charge in [0.1, 0.15) is 5.82 Å². The number of sulfonamides is 1. The lowest BCUT2D eigenvalue weighted by Gasteiger charge is -2.33. The Labute approximate surface area is 248 Å². The molecule has 10 nitrogen and oxygen atoms in total. The SMILES string of the molecule is Cn1c(=O)n(C2CCN(CC(O)Cn3nc(-c4ccc(F)cc4)c4c3CCN(S(C)(=O)=O)C4)CC2)c2cc(Cl)ccc21. The molecule has 1 N–H and O–H groups in total. The van der Waals surface area contributed by atoms with Crippen LogP contribution in [-0.4, -0.2) is 80.2 Å². The Morgan fingerprint density at radius 3 is 2.48 bits per heavy atom. The lowest BCUT2D eigenvalue weighted by atomic mass is 10.0. The number of imidazole rings is 1. The van der Waals surface area contributed by atoms with Crippen molar-refractivity contribution < 1.29 is 17.9 Å². The fraction of sp³-hybridized carbons (Fsp3) is 0.448. The number of benzene rings is 2. The van der Waals surface area contributed by atoms with Crippen LogP contribution in [0.2, 0.25) is 5.02 Å². The van der Waals surface area contributed by atoms with E-state index in [0.29, 0.717) is 35.8 Å². The Morgan fingerprint density at radius 1 is 1.07 bits per heavy atom. The Hall–Kier alpha value is -3.03. The van der Waals surface area contributed by atoms with Crippen LogP contribution in [0, 0.1) is 5.82 Å². The predicted octanol–water partition coefficient (Wildman–Crippen LogP) is 3.01. The molecule has 0 spiro atoms. The normalized spacial score (nSPS) is 18.0. The van der Waals surface area contributed by atoms with Crippen molar-refractivity contribution in [2.45, 2.75) is 44.5 Å². The number of aliphatic hydroxyl groups is 1. The Balaban J connectivity index is 1.16. The van der Waals surface area contributed by atoms with E-state index in [1.807, 2.05) is 16.7 Å². The van der Waals surface area contributed by atoms with E-state index in [2.05, 4.69) is 4.90 Å². The number of hydrogen-bond donors (Lipinski definition) is 1. The largest absolute Gasteiger partial charge is 0.390 e. The van der Waals surface area contributed by atoms with Crippen LogP contribution in [0.4, 0.5) is 4.39 Å². The summed E-state index contributed by atoms with van der Waals surface area (Å²) in [4.78, 5) is 15.2. The first-order chi connectivity index (χ1) is 20.0. The highest BCUT2D eigenvalue weighted by Gasteiger charge is 2.31. The number of halogens is 2. The van der Waals surface area contributed by atoms with Gasteiger partial charge in [0.2, 0.25) is 10.0 Å². The zero-order valence-corrected chi connectivity index (χ0v) is 25.2. The monoisotopic (exact) mass is 616 g/mol. The van der Waals surface area contributed by atoms with Gasteiger partial charge in [-0.25, -0.2) is 17.6 Å². The minimum absolute atomic E-state index is 0.0438. The van der Waals surface area contributed by atoms with Crippen LogP contribution in [0.15, 0.2) is 47.3 Å². The number of aryl methyl sites for hydroxylation is 1. The quantitative estimate of drug-likeness (QED) is 0.342. The molecule has 1 saturated heterocycles. The third-order valence-corrected chi connectivity index (χ3v) is 10.00. The molecular formula is C29H34ClFN6O4S. The zero-order valence-electron chi connectivity index (χ0n) is 23.6. The van der Waals surface area contributed by atoms with Gasteiger partial charge >= 0.3 is 5.69 Å². The molecule has 13 heteroatoms. The first kappa shape index (κ1) is 29.1. The molecule has 224 valence electrons. The van der Waals surface area contributed by atoms with E-state index in [9.17, 15) is 22.7 Å². The molecule has 0 radical (unpaired) electrons. The predicted molar refractivity (Wildman–Crippen MR) is 159 cm³/mol. The van der Waals surface area contributed by atoms with Gasteiger partial charge in [-0.15, -0.1) is 0 Å². The summed E-state index contributed by atoms with van der Waals surface area (Å²) in [6, 6.07) is 11.5. The first-order valence-corrected chi connectivity index (χ1v) is 16.3. The van der Waals surface area contributed by atoms with Gasteiger partial charge in [0.15, 0.2) is 0 Å². The smallest absolute Gasteiger partial charge is 0.329 e. The van der Waals surface area contributed by atoms with E-state index in [-0.39, 0.29) is 30.6 Å². The minimum Gasteiger partial charge on any atom is -0.390 e. The number of aromatic nitrogens is 4. The summed E-state index contributed by atoms with van der Waals surface area (Å²) in [5, 5.41) is 16.5. The molecule has 2 aliphatic rings. The molecule has 1 fully saturated rings. The second kappa shape index (κ2) is 11.2. The van der Waals surface area contributed by atoms with Gasteiger partial charge in [0.05, 0.1) is 35.6 Å². The average Bonchev–Trinajstić information content (AvgIpc) is 3.42. The number of fused-ring (bicyclic) bond motifs is 2. The van der Waals surface area contributed by atoms with Gasteiger partial charge in [-0.3, -0.25) is 13.8 Å². The van der Waals surface area contributed by atoms with Crippen LogP contribution in [0.5, 0.6) is 0 Å². The summed E-state index contributed by atoms with van der Waals surface area (Å²) in [7, 11) is -1.62.